The van der Waals surface area contributed by atoms with Crippen LogP contribution in [0.3, 0.4) is 0 Å². The summed E-state index contributed by atoms with van der Waals surface area (Å²) in [5.41, 5.74) is 1.03. The topological polar surface area (TPSA) is 41.6 Å². The van der Waals surface area contributed by atoms with Crippen molar-refractivity contribution in [3.05, 3.63) is 34.9 Å². The van der Waals surface area contributed by atoms with Gasteiger partial charge in [-0.25, -0.2) is 4.79 Å². The molecule has 2 amide bonds. The Morgan fingerprint density at radius 2 is 2.00 bits per heavy atom. The largest absolute Gasteiger partial charge is 0.374 e. The van der Waals surface area contributed by atoms with Crippen molar-refractivity contribution in [1.82, 2.24) is 10.2 Å². The molecule has 0 aromatic heterocycles. The second-order valence-corrected chi connectivity index (χ2v) is 7.19. The van der Waals surface area contributed by atoms with E-state index in [2.05, 4.69) is 5.32 Å². The summed E-state index contributed by atoms with van der Waals surface area (Å²) >= 11 is 6.02. The summed E-state index contributed by atoms with van der Waals surface area (Å²) in [5, 5.41) is 3.79. The minimum Gasteiger partial charge on any atom is -0.374 e. The minimum absolute atomic E-state index is 0.0290. The Morgan fingerprint density at radius 1 is 1.32 bits per heavy atom. The molecular formula is C17H21ClN2O2. The molecule has 4 nitrogen and oxygen atoms in total. The van der Waals surface area contributed by atoms with E-state index in [9.17, 15) is 4.79 Å². The van der Waals surface area contributed by atoms with E-state index in [-0.39, 0.29) is 12.1 Å². The number of hydrogen-bond acceptors (Lipinski definition) is 2. The van der Waals surface area contributed by atoms with Crippen LogP contribution in [0.4, 0.5) is 4.79 Å². The monoisotopic (exact) mass is 320 g/mol. The third kappa shape index (κ3) is 2.38. The van der Waals surface area contributed by atoms with Gasteiger partial charge in [0.15, 0.2) is 0 Å². The lowest BCUT2D eigenvalue weighted by atomic mass is 9.82. The molecule has 3 aliphatic heterocycles. The average molecular weight is 321 g/mol. The molecule has 0 aliphatic carbocycles. The predicted octanol–water partition coefficient (Wildman–Crippen LogP) is 3.22. The van der Waals surface area contributed by atoms with E-state index in [1.54, 1.807) is 0 Å². The summed E-state index contributed by atoms with van der Waals surface area (Å²) in [5.74, 6) is 1.09. The lowest BCUT2D eigenvalue weighted by Gasteiger charge is -2.22. The van der Waals surface area contributed by atoms with Crippen LogP contribution in [0.2, 0.25) is 5.02 Å². The second kappa shape index (κ2) is 5.43. The van der Waals surface area contributed by atoms with Gasteiger partial charge in [0.25, 0.3) is 0 Å². The van der Waals surface area contributed by atoms with Crippen molar-refractivity contribution < 1.29 is 9.53 Å². The van der Waals surface area contributed by atoms with E-state index in [1.165, 1.54) is 12.8 Å². The average Bonchev–Trinajstić information content (AvgIpc) is 3.19. The molecule has 2 bridgehead atoms. The molecule has 0 unspecified atom stereocenters. The van der Waals surface area contributed by atoms with Crippen LogP contribution in [0, 0.1) is 11.8 Å². The van der Waals surface area contributed by atoms with Crippen molar-refractivity contribution in [2.75, 3.05) is 13.1 Å². The van der Waals surface area contributed by atoms with E-state index >= 15 is 0 Å². The molecule has 3 aliphatic rings. The van der Waals surface area contributed by atoms with Gasteiger partial charge in [0.05, 0.1) is 18.2 Å². The quantitative estimate of drug-likeness (QED) is 0.909. The Balaban J connectivity index is 1.39. The van der Waals surface area contributed by atoms with Gasteiger partial charge in [0, 0.05) is 29.9 Å². The number of urea groups is 1. The van der Waals surface area contributed by atoms with Gasteiger partial charge in [-0.2, -0.15) is 0 Å². The molecule has 1 N–H and O–H groups in total. The van der Waals surface area contributed by atoms with Gasteiger partial charge < -0.3 is 15.0 Å². The number of carbonyl (C=O) groups is 1. The van der Waals surface area contributed by atoms with Crippen molar-refractivity contribution in [3.63, 3.8) is 0 Å². The number of hydrogen-bond donors (Lipinski definition) is 1. The zero-order valence-corrected chi connectivity index (χ0v) is 13.4. The van der Waals surface area contributed by atoms with Crippen LogP contribution < -0.4 is 5.32 Å². The Morgan fingerprint density at radius 3 is 2.64 bits per heavy atom. The first-order valence-corrected chi connectivity index (χ1v) is 8.46. The fourth-order valence-electron chi connectivity index (χ4n) is 4.26. The lowest BCUT2D eigenvalue weighted by Crippen LogP contribution is -2.40. The Hall–Kier alpha value is -1.26. The number of ether oxygens (including phenoxy) is 1. The fraction of sp³-hybridized carbons (Fsp3) is 0.588. The molecule has 0 radical (unpaired) electrons. The van der Waals surface area contributed by atoms with Crippen molar-refractivity contribution in [1.29, 1.82) is 0 Å². The van der Waals surface area contributed by atoms with Crippen LogP contribution in [-0.4, -0.2) is 36.2 Å². The molecule has 5 atom stereocenters. The van der Waals surface area contributed by atoms with Crippen LogP contribution in [0.25, 0.3) is 0 Å². The van der Waals surface area contributed by atoms with E-state index < -0.39 is 0 Å². The standard InChI is InChI=1S/C17H21ClN2O2/c1-10(11-3-2-4-12(18)7-11)19-17(21)20-8-13-14(9-20)16-6-5-15(13)22-16/h2-4,7,10,13-16H,5-6,8-9H2,1H3,(H,19,21)/t10-,13+,14+,15+,16+/m0/s1. The van der Waals surface area contributed by atoms with Gasteiger partial charge in [-0.1, -0.05) is 23.7 Å². The molecule has 1 aromatic rings. The number of likely N-dealkylation sites (tertiary alicyclic amines) is 1. The molecule has 1 aromatic carbocycles. The number of nitrogens with one attached hydrogen (secondary N) is 1. The van der Waals surface area contributed by atoms with Gasteiger partial charge in [-0.15, -0.1) is 0 Å². The first-order chi connectivity index (χ1) is 10.6. The molecule has 3 heterocycles. The highest BCUT2D eigenvalue weighted by molar-refractivity contribution is 6.30. The molecule has 0 spiro atoms. The van der Waals surface area contributed by atoms with Gasteiger partial charge in [0.2, 0.25) is 0 Å². The van der Waals surface area contributed by atoms with Crippen molar-refractivity contribution >= 4 is 17.6 Å². The molecule has 22 heavy (non-hydrogen) atoms. The number of amides is 2. The van der Waals surface area contributed by atoms with Gasteiger partial charge >= 0.3 is 6.03 Å². The third-order valence-corrected chi connectivity index (χ3v) is 5.66. The van der Waals surface area contributed by atoms with Crippen molar-refractivity contribution in [3.8, 4) is 0 Å². The summed E-state index contributed by atoms with van der Waals surface area (Å²) in [6.45, 7) is 3.66. The highest BCUT2D eigenvalue weighted by Gasteiger charge is 2.53. The number of nitrogens with zero attached hydrogens (tertiary/aromatic N) is 1. The number of carbonyl (C=O) groups excluding carboxylic acids is 1. The number of halogens is 1. The molecular weight excluding hydrogens is 300 g/mol. The molecule has 118 valence electrons. The van der Waals surface area contributed by atoms with Crippen molar-refractivity contribution in [2.45, 2.75) is 38.0 Å². The van der Waals surface area contributed by atoms with E-state index in [4.69, 9.17) is 16.3 Å². The van der Waals surface area contributed by atoms with Gasteiger partial charge in [-0.05, 0) is 37.5 Å². The summed E-state index contributed by atoms with van der Waals surface area (Å²) in [4.78, 5) is 14.5. The SMILES string of the molecule is C[C@H](NC(=O)N1C[C@@H]2[C@@H](C1)[C@H]1CC[C@H]2O1)c1cccc(Cl)c1. The predicted molar refractivity (Wildman–Crippen MR) is 84.8 cm³/mol. The van der Waals surface area contributed by atoms with E-state index in [0.717, 1.165) is 18.7 Å². The normalized spacial score (nSPS) is 33.8. The maximum absolute atomic E-state index is 12.5. The summed E-state index contributed by atoms with van der Waals surface area (Å²) in [7, 11) is 0. The molecule has 0 saturated carbocycles. The van der Waals surface area contributed by atoms with Crippen LogP contribution in [0.15, 0.2) is 24.3 Å². The zero-order valence-electron chi connectivity index (χ0n) is 12.7. The fourth-order valence-corrected chi connectivity index (χ4v) is 4.46. The number of fused-ring (bicyclic) bond motifs is 5. The molecule has 3 saturated heterocycles. The minimum atomic E-state index is -0.0420. The van der Waals surface area contributed by atoms with Gasteiger partial charge in [0.1, 0.15) is 0 Å². The zero-order chi connectivity index (χ0) is 15.3. The van der Waals surface area contributed by atoms with Crippen LogP contribution in [0.1, 0.15) is 31.4 Å². The number of rotatable bonds is 2. The molecule has 5 heteroatoms. The maximum atomic E-state index is 12.5. The van der Waals surface area contributed by atoms with E-state index in [0.29, 0.717) is 29.1 Å². The summed E-state index contributed by atoms with van der Waals surface area (Å²) < 4.78 is 5.96. The third-order valence-electron chi connectivity index (χ3n) is 5.43. The smallest absolute Gasteiger partial charge is 0.317 e. The second-order valence-electron chi connectivity index (χ2n) is 6.75. The lowest BCUT2D eigenvalue weighted by molar-refractivity contribution is 0.0737. The van der Waals surface area contributed by atoms with Crippen LogP contribution in [0.5, 0.6) is 0 Å². The number of benzene rings is 1. The first kappa shape index (κ1) is 14.3. The summed E-state index contributed by atoms with van der Waals surface area (Å²) in [6, 6.07) is 7.64. The van der Waals surface area contributed by atoms with Crippen LogP contribution >= 0.6 is 11.6 Å². The van der Waals surface area contributed by atoms with E-state index in [1.807, 2.05) is 36.1 Å². The highest BCUT2D eigenvalue weighted by Crippen LogP contribution is 2.47. The Bertz CT molecular complexity index is 576. The highest BCUT2D eigenvalue weighted by atomic mass is 35.5. The summed E-state index contributed by atoms with van der Waals surface area (Å²) in [6.07, 6.45) is 3.11. The Kier molecular flexibility index (Phi) is 3.54. The maximum Gasteiger partial charge on any atom is 0.317 e. The molecule has 4 rings (SSSR count). The molecule has 3 fully saturated rings. The van der Waals surface area contributed by atoms with Crippen LogP contribution in [-0.2, 0) is 4.74 Å². The Labute approximate surface area is 135 Å². The van der Waals surface area contributed by atoms with Gasteiger partial charge in [-0.3, -0.25) is 0 Å². The first-order valence-electron chi connectivity index (χ1n) is 8.08. The van der Waals surface area contributed by atoms with Crippen molar-refractivity contribution in [2.24, 2.45) is 11.8 Å².